The number of rotatable bonds is 6. The highest BCUT2D eigenvalue weighted by atomic mass is 19.1. The minimum atomic E-state index is -0.454. The maximum atomic E-state index is 13.4. The van der Waals surface area contributed by atoms with Crippen molar-refractivity contribution in [2.75, 3.05) is 0 Å². The summed E-state index contributed by atoms with van der Waals surface area (Å²) >= 11 is 0. The molecule has 2 heterocycles. The first-order chi connectivity index (χ1) is 17.4. The van der Waals surface area contributed by atoms with Gasteiger partial charge >= 0.3 is 0 Å². The Labute approximate surface area is 206 Å². The SMILES string of the molecule is Cc1cc(CNC(=O)c2cc(C(=O)N[C@H]3CCc4cc(-c5nnn(C)n5)ccc43)ncn2)ccc1F. The maximum absolute atomic E-state index is 13.4. The predicted molar refractivity (Wildman–Crippen MR) is 127 cm³/mol. The molecule has 182 valence electrons. The van der Waals surface area contributed by atoms with E-state index >= 15 is 0 Å². The van der Waals surface area contributed by atoms with Gasteiger partial charge in [-0.1, -0.05) is 24.3 Å². The molecule has 4 aromatic rings. The van der Waals surface area contributed by atoms with Crippen molar-refractivity contribution in [3.8, 4) is 11.4 Å². The van der Waals surface area contributed by atoms with Gasteiger partial charge in [-0.05, 0) is 59.4 Å². The fourth-order valence-electron chi connectivity index (χ4n) is 4.23. The van der Waals surface area contributed by atoms with Crippen LogP contribution in [0.4, 0.5) is 4.39 Å². The smallest absolute Gasteiger partial charge is 0.270 e. The first-order valence-corrected chi connectivity index (χ1v) is 11.4. The Balaban J connectivity index is 1.24. The molecule has 1 atom stereocenters. The van der Waals surface area contributed by atoms with Crippen LogP contribution in [0, 0.1) is 12.7 Å². The minimum absolute atomic E-state index is 0.0712. The normalized spacial score (nSPS) is 14.4. The third-order valence-electron chi connectivity index (χ3n) is 6.10. The highest BCUT2D eigenvalue weighted by Crippen LogP contribution is 2.33. The van der Waals surface area contributed by atoms with Gasteiger partial charge in [0.2, 0.25) is 5.82 Å². The predicted octanol–water partition coefficient (Wildman–Crippen LogP) is 2.46. The van der Waals surface area contributed by atoms with E-state index in [0.29, 0.717) is 11.4 Å². The molecule has 0 unspecified atom stereocenters. The van der Waals surface area contributed by atoms with Crippen molar-refractivity contribution < 1.29 is 14.0 Å². The summed E-state index contributed by atoms with van der Waals surface area (Å²) in [5.41, 5.74) is 4.44. The second kappa shape index (κ2) is 9.61. The molecule has 2 amide bonds. The number of halogens is 1. The number of benzene rings is 2. The molecule has 2 N–H and O–H groups in total. The number of aromatic nitrogens is 6. The van der Waals surface area contributed by atoms with Gasteiger partial charge in [0, 0.05) is 18.2 Å². The molecule has 0 saturated heterocycles. The molecule has 36 heavy (non-hydrogen) atoms. The Morgan fingerprint density at radius 1 is 1.08 bits per heavy atom. The second-order valence-electron chi connectivity index (χ2n) is 8.64. The van der Waals surface area contributed by atoms with Crippen molar-refractivity contribution >= 4 is 11.8 Å². The number of carbonyl (C=O) groups excluding carboxylic acids is 2. The Kier molecular flexibility index (Phi) is 6.19. The van der Waals surface area contributed by atoms with Crippen LogP contribution < -0.4 is 10.6 Å². The van der Waals surface area contributed by atoms with E-state index < -0.39 is 11.8 Å². The summed E-state index contributed by atoms with van der Waals surface area (Å²) in [4.78, 5) is 35.0. The van der Waals surface area contributed by atoms with E-state index in [9.17, 15) is 14.0 Å². The molecule has 0 saturated carbocycles. The lowest BCUT2D eigenvalue weighted by Gasteiger charge is -2.14. The second-order valence-corrected chi connectivity index (χ2v) is 8.64. The summed E-state index contributed by atoms with van der Waals surface area (Å²) in [5.74, 6) is -0.596. The van der Waals surface area contributed by atoms with E-state index in [1.807, 2.05) is 18.2 Å². The van der Waals surface area contributed by atoms with E-state index in [2.05, 4.69) is 36.0 Å². The molecule has 0 bridgehead atoms. The van der Waals surface area contributed by atoms with Gasteiger partial charge in [0.1, 0.15) is 23.5 Å². The highest BCUT2D eigenvalue weighted by molar-refractivity contribution is 5.97. The summed E-state index contributed by atoms with van der Waals surface area (Å²) in [6.07, 6.45) is 2.73. The van der Waals surface area contributed by atoms with Crippen LogP contribution in [-0.4, -0.2) is 42.0 Å². The summed E-state index contributed by atoms with van der Waals surface area (Å²) in [7, 11) is 1.71. The zero-order chi connectivity index (χ0) is 25.2. The number of aryl methyl sites for hydroxylation is 3. The maximum Gasteiger partial charge on any atom is 0.270 e. The highest BCUT2D eigenvalue weighted by Gasteiger charge is 2.26. The van der Waals surface area contributed by atoms with E-state index in [4.69, 9.17) is 0 Å². The molecule has 0 spiro atoms. The molecular weight excluding hydrogens is 463 g/mol. The largest absolute Gasteiger partial charge is 0.347 e. The van der Waals surface area contributed by atoms with Crippen molar-refractivity contribution in [2.24, 2.45) is 7.05 Å². The van der Waals surface area contributed by atoms with Gasteiger partial charge in [0.05, 0.1) is 13.1 Å². The Hall–Kier alpha value is -4.54. The number of hydrogen-bond donors (Lipinski definition) is 2. The van der Waals surface area contributed by atoms with Crippen molar-refractivity contribution in [1.82, 2.24) is 40.8 Å². The molecule has 0 fully saturated rings. The van der Waals surface area contributed by atoms with Crippen molar-refractivity contribution in [1.29, 1.82) is 0 Å². The number of tetrazole rings is 1. The van der Waals surface area contributed by atoms with Crippen LogP contribution in [0.3, 0.4) is 0 Å². The molecule has 10 nitrogen and oxygen atoms in total. The van der Waals surface area contributed by atoms with E-state index in [1.54, 1.807) is 26.1 Å². The molecule has 11 heteroatoms. The number of hydrogen-bond acceptors (Lipinski definition) is 7. The molecular formula is C25H23FN8O2. The van der Waals surface area contributed by atoms with Crippen LogP contribution in [0.15, 0.2) is 48.8 Å². The number of fused-ring (bicyclic) bond motifs is 1. The monoisotopic (exact) mass is 486 g/mol. The Morgan fingerprint density at radius 2 is 1.89 bits per heavy atom. The van der Waals surface area contributed by atoms with Gasteiger partial charge in [-0.3, -0.25) is 9.59 Å². The fourth-order valence-corrected chi connectivity index (χ4v) is 4.23. The van der Waals surface area contributed by atoms with Crippen LogP contribution >= 0.6 is 0 Å². The van der Waals surface area contributed by atoms with Gasteiger partial charge in [0.25, 0.3) is 11.8 Å². The fraction of sp³-hybridized carbons (Fsp3) is 0.240. The average Bonchev–Trinajstić information content (AvgIpc) is 3.50. The van der Waals surface area contributed by atoms with Crippen LogP contribution in [-0.2, 0) is 20.0 Å². The summed E-state index contributed by atoms with van der Waals surface area (Å²) in [6, 6.07) is 11.7. The average molecular weight is 487 g/mol. The van der Waals surface area contributed by atoms with Gasteiger partial charge in [-0.15, -0.1) is 10.2 Å². The van der Waals surface area contributed by atoms with Gasteiger partial charge in [-0.25, -0.2) is 14.4 Å². The lowest BCUT2D eigenvalue weighted by Crippen LogP contribution is -2.29. The number of amides is 2. The van der Waals surface area contributed by atoms with Crippen molar-refractivity contribution in [3.63, 3.8) is 0 Å². The van der Waals surface area contributed by atoms with Crippen LogP contribution in [0.2, 0.25) is 0 Å². The number of carbonyl (C=O) groups is 2. The lowest BCUT2D eigenvalue weighted by atomic mass is 10.0. The Morgan fingerprint density at radius 3 is 2.64 bits per heavy atom. The molecule has 2 aromatic heterocycles. The molecule has 0 radical (unpaired) electrons. The minimum Gasteiger partial charge on any atom is -0.347 e. The summed E-state index contributed by atoms with van der Waals surface area (Å²) in [6.45, 7) is 1.86. The number of nitrogens with zero attached hydrogens (tertiary/aromatic N) is 6. The quantitative estimate of drug-likeness (QED) is 0.429. The summed E-state index contributed by atoms with van der Waals surface area (Å²) in [5, 5.41) is 17.9. The molecule has 1 aliphatic carbocycles. The first-order valence-electron chi connectivity index (χ1n) is 11.4. The van der Waals surface area contributed by atoms with E-state index in [0.717, 1.165) is 35.1 Å². The van der Waals surface area contributed by atoms with Crippen LogP contribution in [0.25, 0.3) is 11.4 Å². The third-order valence-corrected chi connectivity index (χ3v) is 6.10. The topological polar surface area (TPSA) is 128 Å². The standard InChI is InChI=1S/C25H23FN8O2/c1-14-9-15(3-7-19(14)26)12-27-24(35)21-11-22(29-13-28-21)25(36)30-20-8-5-16-10-17(4-6-18(16)20)23-31-33-34(2)32-23/h3-4,6-7,9-11,13,20H,5,8,12H2,1-2H3,(H,27,35)(H,30,36)/t20-/m0/s1. The van der Waals surface area contributed by atoms with Crippen LogP contribution in [0.1, 0.15) is 55.7 Å². The lowest BCUT2D eigenvalue weighted by molar-refractivity contribution is 0.0931. The zero-order valence-corrected chi connectivity index (χ0v) is 19.7. The molecule has 2 aromatic carbocycles. The van der Waals surface area contributed by atoms with Gasteiger partial charge in [-0.2, -0.15) is 4.80 Å². The van der Waals surface area contributed by atoms with Gasteiger partial charge < -0.3 is 10.6 Å². The Bertz CT molecular complexity index is 1470. The summed E-state index contributed by atoms with van der Waals surface area (Å²) < 4.78 is 13.4. The zero-order valence-electron chi connectivity index (χ0n) is 19.7. The van der Waals surface area contributed by atoms with Crippen LogP contribution in [0.5, 0.6) is 0 Å². The third kappa shape index (κ3) is 4.81. The molecule has 0 aliphatic heterocycles. The van der Waals surface area contributed by atoms with Crippen molar-refractivity contribution in [3.05, 3.63) is 88.3 Å². The molecule has 1 aliphatic rings. The van der Waals surface area contributed by atoms with Crippen molar-refractivity contribution in [2.45, 2.75) is 32.4 Å². The van der Waals surface area contributed by atoms with E-state index in [1.165, 1.54) is 23.3 Å². The number of nitrogens with one attached hydrogen (secondary N) is 2. The van der Waals surface area contributed by atoms with Gasteiger partial charge in [0.15, 0.2) is 0 Å². The first kappa shape index (κ1) is 23.2. The molecule has 5 rings (SSSR count). The van der Waals surface area contributed by atoms with E-state index in [-0.39, 0.29) is 29.8 Å².